The Morgan fingerprint density at radius 2 is 1.95 bits per heavy atom. The van der Waals surface area contributed by atoms with Crippen LogP contribution in [-0.2, 0) is 0 Å². The van der Waals surface area contributed by atoms with Gasteiger partial charge in [0.15, 0.2) is 0 Å². The molecule has 2 unspecified atom stereocenters. The van der Waals surface area contributed by atoms with E-state index in [2.05, 4.69) is 0 Å². The fourth-order valence-corrected chi connectivity index (χ4v) is 3.50. The van der Waals surface area contributed by atoms with Crippen LogP contribution in [0.3, 0.4) is 0 Å². The summed E-state index contributed by atoms with van der Waals surface area (Å²) in [6.07, 6.45) is 3.15. The third kappa shape index (κ3) is 2.10. The Morgan fingerprint density at radius 3 is 2.53 bits per heavy atom. The molecule has 3 N–H and O–H groups in total. The van der Waals surface area contributed by atoms with E-state index in [1.807, 2.05) is 30.0 Å². The van der Waals surface area contributed by atoms with E-state index < -0.39 is 0 Å². The van der Waals surface area contributed by atoms with Gasteiger partial charge in [0, 0.05) is 17.8 Å². The molecule has 2 aliphatic heterocycles. The summed E-state index contributed by atoms with van der Waals surface area (Å²) in [5.74, 6) is 0.0249. The molecule has 0 radical (unpaired) electrons. The van der Waals surface area contributed by atoms with Gasteiger partial charge >= 0.3 is 0 Å². The van der Waals surface area contributed by atoms with Gasteiger partial charge < -0.3 is 15.7 Å². The van der Waals surface area contributed by atoms with Crippen molar-refractivity contribution in [1.82, 2.24) is 4.90 Å². The lowest BCUT2D eigenvalue weighted by Gasteiger charge is -2.37. The Hall–Kier alpha value is -1.55. The Kier molecular flexibility index (Phi) is 2.97. The highest BCUT2D eigenvalue weighted by atomic mass is 16.3. The van der Waals surface area contributed by atoms with Crippen molar-refractivity contribution in [2.24, 2.45) is 0 Å². The second-order valence-electron chi connectivity index (χ2n) is 5.81. The number of hydrogen-bond donors (Lipinski definition) is 2. The lowest BCUT2D eigenvalue weighted by molar-refractivity contribution is 0.0288. The monoisotopic (exact) mass is 260 g/mol. The molecule has 4 heteroatoms. The number of rotatable bonds is 1. The third-order valence-corrected chi connectivity index (χ3v) is 4.38. The van der Waals surface area contributed by atoms with Crippen LogP contribution in [0.15, 0.2) is 18.2 Å². The van der Waals surface area contributed by atoms with Crippen molar-refractivity contribution < 1.29 is 9.90 Å². The molecule has 1 amide bonds. The maximum absolute atomic E-state index is 12.7. The van der Waals surface area contributed by atoms with Crippen molar-refractivity contribution in [2.45, 2.75) is 50.8 Å². The molecular weight excluding hydrogens is 240 g/mol. The van der Waals surface area contributed by atoms with E-state index in [1.54, 1.807) is 0 Å². The smallest absolute Gasteiger partial charge is 0.256 e. The van der Waals surface area contributed by atoms with Crippen LogP contribution in [0.5, 0.6) is 0 Å². The first kappa shape index (κ1) is 12.5. The molecule has 4 nitrogen and oxygen atoms in total. The van der Waals surface area contributed by atoms with Gasteiger partial charge in [-0.3, -0.25) is 4.79 Å². The fraction of sp³-hybridized carbons (Fsp3) is 0.533. The molecule has 1 aromatic carbocycles. The highest BCUT2D eigenvalue weighted by Gasteiger charge is 2.43. The summed E-state index contributed by atoms with van der Waals surface area (Å²) in [5, 5.41) is 9.79. The zero-order chi connectivity index (χ0) is 13.6. The largest absolute Gasteiger partial charge is 0.398 e. The molecule has 2 heterocycles. The number of fused-ring (bicyclic) bond motifs is 2. The van der Waals surface area contributed by atoms with E-state index in [9.17, 15) is 9.90 Å². The van der Waals surface area contributed by atoms with Crippen molar-refractivity contribution in [3.8, 4) is 0 Å². The van der Waals surface area contributed by atoms with Crippen LogP contribution in [0, 0.1) is 6.92 Å². The molecule has 2 fully saturated rings. The molecule has 0 saturated carbocycles. The zero-order valence-electron chi connectivity index (χ0n) is 11.2. The van der Waals surface area contributed by atoms with Crippen LogP contribution < -0.4 is 5.73 Å². The number of anilines is 1. The van der Waals surface area contributed by atoms with Crippen LogP contribution in [0.4, 0.5) is 5.69 Å². The number of hydrogen-bond acceptors (Lipinski definition) is 3. The molecule has 3 rings (SSSR count). The highest BCUT2D eigenvalue weighted by Crippen LogP contribution is 2.37. The van der Waals surface area contributed by atoms with Gasteiger partial charge in [-0.2, -0.15) is 0 Å². The molecule has 0 aliphatic carbocycles. The van der Waals surface area contributed by atoms with E-state index in [1.165, 1.54) is 0 Å². The summed E-state index contributed by atoms with van der Waals surface area (Å²) in [6.45, 7) is 1.96. The lowest BCUT2D eigenvalue weighted by Crippen LogP contribution is -2.48. The van der Waals surface area contributed by atoms with Crippen LogP contribution in [0.25, 0.3) is 0 Å². The predicted molar refractivity (Wildman–Crippen MR) is 73.8 cm³/mol. The first-order chi connectivity index (χ1) is 9.06. The summed E-state index contributed by atoms with van der Waals surface area (Å²) >= 11 is 0. The Bertz CT molecular complexity index is 501. The van der Waals surface area contributed by atoms with Gasteiger partial charge in [-0.05, 0) is 50.3 Å². The summed E-state index contributed by atoms with van der Waals surface area (Å²) in [4.78, 5) is 14.6. The number of nitrogens with two attached hydrogens (primary N) is 1. The van der Waals surface area contributed by atoms with Crippen molar-refractivity contribution in [1.29, 1.82) is 0 Å². The van der Waals surface area contributed by atoms with Crippen molar-refractivity contribution in [3.05, 3.63) is 29.3 Å². The molecule has 102 valence electrons. The van der Waals surface area contributed by atoms with Gasteiger partial charge in [-0.15, -0.1) is 0 Å². The number of carbonyl (C=O) groups excluding carboxylic acids is 1. The van der Waals surface area contributed by atoms with Crippen LogP contribution in [0.2, 0.25) is 0 Å². The summed E-state index contributed by atoms with van der Waals surface area (Å²) in [5.41, 5.74) is 8.18. The molecule has 2 bridgehead atoms. The molecule has 0 spiro atoms. The molecule has 0 aromatic heterocycles. The standard InChI is InChI=1S/C15H20N2O2/c1-9-2-5-13(14(16)6-9)15(19)17-10-3-4-11(17)8-12(18)7-10/h2,5-6,10-12,18H,3-4,7-8,16H2,1H3. The number of piperidine rings is 1. The minimum atomic E-state index is -0.253. The Labute approximate surface area is 113 Å². The summed E-state index contributed by atoms with van der Waals surface area (Å²) < 4.78 is 0. The minimum absolute atomic E-state index is 0.0249. The van der Waals surface area contributed by atoms with E-state index in [0.29, 0.717) is 24.1 Å². The number of benzene rings is 1. The average Bonchev–Trinajstić information content (AvgIpc) is 2.61. The normalized spacial score (nSPS) is 29.6. The number of nitrogen functional groups attached to an aromatic ring is 1. The topological polar surface area (TPSA) is 66.6 Å². The molecule has 1 aromatic rings. The van der Waals surface area contributed by atoms with Crippen LogP contribution in [0.1, 0.15) is 41.6 Å². The van der Waals surface area contributed by atoms with E-state index in [0.717, 1.165) is 18.4 Å². The van der Waals surface area contributed by atoms with Crippen LogP contribution >= 0.6 is 0 Å². The van der Waals surface area contributed by atoms with Gasteiger partial charge in [0.25, 0.3) is 5.91 Å². The Morgan fingerprint density at radius 1 is 1.32 bits per heavy atom. The van der Waals surface area contributed by atoms with E-state index in [4.69, 9.17) is 5.73 Å². The number of carbonyl (C=O) groups is 1. The first-order valence-corrected chi connectivity index (χ1v) is 6.93. The molecule has 19 heavy (non-hydrogen) atoms. The average molecular weight is 260 g/mol. The summed E-state index contributed by atoms with van der Waals surface area (Å²) in [7, 11) is 0. The maximum Gasteiger partial charge on any atom is 0.256 e. The van der Waals surface area contributed by atoms with Gasteiger partial charge in [0.05, 0.1) is 11.7 Å². The van der Waals surface area contributed by atoms with E-state index >= 15 is 0 Å². The quantitative estimate of drug-likeness (QED) is 0.755. The predicted octanol–water partition coefficient (Wildman–Crippen LogP) is 1.71. The SMILES string of the molecule is Cc1ccc(C(=O)N2C3CCC2CC(O)C3)c(N)c1. The number of aliphatic hydroxyl groups excluding tert-OH is 1. The fourth-order valence-electron chi connectivity index (χ4n) is 3.50. The summed E-state index contributed by atoms with van der Waals surface area (Å²) in [6, 6.07) is 5.94. The van der Waals surface area contributed by atoms with Gasteiger partial charge in [-0.25, -0.2) is 0 Å². The third-order valence-electron chi connectivity index (χ3n) is 4.38. The van der Waals surface area contributed by atoms with Crippen LogP contribution in [-0.4, -0.2) is 34.1 Å². The van der Waals surface area contributed by atoms with Gasteiger partial charge in [0.1, 0.15) is 0 Å². The van der Waals surface area contributed by atoms with E-state index in [-0.39, 0.29) is 24.1 Å². The van der Waals surface area contributed by atoms with Crippen molar-refractivity contribution in [3.63, 3.8) is 0 Å². The second kappa shape index (κ2) is 4.53. The number of aliphatic hydroxyl groups is 1. The highest BCUT2D eigenvalue weighted by molar-refractivity contribution is 5.99. The zero-order valence-corrected chi connectivity index (χ0v) is 11.2. The van der Waals surface area contributed by atoms with Crippen molar-refractivity contribution in [2.75, 3.05) is 5.73 Å². The Balaban J connectivity index is 1.88. The first-order valence-electron chi connectivity index (χ1n) is 6.93. The molecule has 2 aliphatic rings. The molecule has 2 atom stereocenters. The second-order valence-corrected chi connectivity index (χ2v) is 5.81. The van der Waals surface area contributed by atoms with Crippen molar-refractivity contribution >= 4 is 11.6 Å². The number of nitrogens with zero attached hydrogens (tertiary/aromatic N) is 1. The minimum Gasteiger partial charge on any atom is -0.398 e. The maximum atomic E-state index is 12.7. The van der Waals surface area contributed by atoms with Gasteiger partial charge in [0.2, 0.25) is 0 Å². The molecular formula is C15H20N2O2. The number of amides is 1. The lowest BCUT2D eigenvalue weighted by atomic mass is 9.98. The molecule has 2 saturated heterocycles. The van der Waals surface area contributed by atoms with Gasteiger partial charge in [-0.1, -0.05) is 6.07 Å². The number of aryl methyl sites for hydroxylation is 1.